The molecule has 0 spiro atoms. The fourth-order valence-corrected chi connectivity index (χ4v) is 5.89. The second-order valence-corrected chi connectivity index (χ2v) is 8.93. The maximum absolute atomic E-state index is 2.77. The Morgan fingerprint density at radius 2 is 1.58 bits per heavy atom. The minimum atomic E-state index is 0.823. The molecule has 1 aromatic rings. The largest absolute Gasteiger partial charge is 0.369 e. The number of benzene rings is 1. The van der Waals surface area contributed by atoms with Crippen LogP contribution in [0.1, 0.15) is 25.7 Å². The molecule has 5 rings (SSSR count). The quantitative estimate of drug-likeness (QED) is 0.769. The Kier molecular flexibility index (Phi) is 4.76. The summed E-state index contributed by atoms with van der Waals surface area (Å²) in [7, 11) is 0. The smallest absolute Gasteiger partial charge is 0.0367 e. The van der Waals surface area contributed by atoms with Crippen molar-refractivity contribution in [3.63, 3.8) is 0 Å². The zero-order valence-electron chi connectivity index (χ0n) is 16.0. The summed E-state index contributed by atoms with van der Waals surface area (Å²) in [6.07, 6.45) is 10.7. The molecule has 2 saturated heterocycles. The summed E-state index contributed by atoms with van der Waals surface area (Å²) in [5.74, 6) is 2.78. The molecule has 0 unspecified atom stereocenters. The summed E-state index contributed by atoms with van der Waals surface area (Å²) in [6, 6.07) is 11.7. The van der Waals surface area contributed by atoms with Crippen LogP contribution >= 0.6 is 0 Å². The molecular weight excluding hydrogens is 318 g/mol. The van der Waals surface area contributed by atoms with Gasteiger partial charge in [-0.05, 0) is 68.7 Å². The van der Waals surface area contributed by atoms with Gasteiger partial charge in [-0.3, -0.25) is 4.90 Å². The SMILES string of the molecule is C1=C[C@H]2C[C@@H]1C[C@@H]2CN1CCC(N2CCN(c3ccccc3)CC2)CC1. The lowest BCUT2D eigenvalue weighted by molar-refractivity contribution is 0.0919. The summed E-state index contributed by atoms with van der Waals surface area (Å²) in [5, 5.41) is 0. The minimum Gasteiger partial charge on any atom is -0.369 e. The van der Waals surface area contributed by atoms with Gasteiger partial charge in [0.25, 0.3) is 0 Å². The highest BCUT2D eigenvalue weighted by atomic mass is 15.3. The molecule has 3 nitrogen and oxygen atoms in total. The van der Waals surface area contributed by atoms with E-state index in [9.17, 15) is 0 Å². The second kappa shape index (κ2) is 7.36. The second-order valence-electron chi connectivity index (χ2n) is 8.93. The number of allylic oxidation sites excluding steroid dienone is 2. The Hall–Kier alpha value is -1.32. The van der Waals surface area contributed by atoms with Gasteiger partial charge in [-0.1, -0.05) is 30.4 Å². The average molecular weight is 352 g/mol. The number of likely N-dealkylation sites (tertiary alicyclic amines) is 1. The van der Waals surface area contributed by atoms with Gasteiger partial charge in [-0.25, -0.2) is 0 Å². The lowest BCUT2D eigenvalue weighted by Gasteiger charge is -2.44. The molecule has 1 saturated carbocycles. The van der Waals surface area contributed by atoms with Crippen LogP contribution in [0.25, 0.3) is 0 Å². The molecule has 2 aliphatic carbocycles. The number of rotatable bonds is 4. The van der Waals surface area contributed by atoms with E-state index in [-0.39, 0.29) is 0 Å². The molecule has 3 atom stereocenters. The molecule has 4 aliphatic rings. The van der Waals surface area contributed by atoms with Gasteiger partial charge >= 0.3 is 0 Å². The lowest BCUT2D eigenvalue weighted by atomic mass is 9.92. The van der Waals surface area contributed by atoms with Crippen LogP contribution in [-0.4, -0.2) is 61.7 Å². The minimum absolute atomic E-state index is 0.823. The summed E-state index contributed by atoms with van der Waals surface area (Å²) < 4.78 is 0. The van der Waals surface area contributed by atoms with Gasteiger partial charge < -0.3 is 9.80 Å². The Balaban J connectivity index is 1.07. The first kappa shape index (κ1) is 16.8. The van der Waals surface area contributed by atoms with Crippen LogP contribution in [0, 0.1) is 17.8 Å². The van der Waals surface area contributed by atoms with Crippen molar-refractivity contribution in [1.82, 2.24) is 9.80 Å². The number of fused-ring (bicyclic) bond motifs is 2. The van der Waals surface area contributed by atoms with Crippen LogP contribution in [0.3, 0.4) is 0 Å². The van der Waals surface area contributed by atoms with E-state index in [2.05, 4.69) is 57.2 Å². The molecule has 0 N–H and O–H groups in total. The Labute approximate surface area is 158 Å². The lowest BCUT2D eigenvalue weighted by Crippen LogP contribution is -2.53. The van der Waals surface area contributed by atoms with E-state index < -0.39 is 0 Å². The van der Waals surface area contributed by atoms with Gasteiger partial charge in [-0.2, -0.15) is 0 Å². The Morgan fingerprint density at radius 3 is 2.23 bits per heavy atom. The average Bonchev–Trinajstić information content (AvgIpc) is 3.33. The van der Waals surface area contributed by atoms with Crippen LogP contribution in [-0.2, 0) is 0 Å². The van der Waals surface area contributed by atoms with Crippen LogP contribution in [0.4, 0.5) is 5.69 Å². The summed E-state index contributed by atoms with van der Waals surface area (Å²) in [4.78, 5) is 8.10. The van der Waals surface area contributed by atoms with Crippen molar-refractivity contribution in [2.24, 2.45) is 17.8 Å². The first-order valence-electron chi connectivity index (χ1n) is 10.8. The third-order valence-electron chi connectivity index (χ3n) is 7.42. The van der Waals surface area contributed by atoms with Gasteiger partial charge in [0, 0.05) is 44.5 Å². The van der Waals surface area contributed by atoms with Crippen molar-refractivity contribution < 1.29 is 0 Å². The van der Waals surface area contributed by atoms with E-state index in [4.69, 9.17) is 0 Å². The zero-order chi connectivity index (χ0) is 17.3. The number of anilines is 1. The maximum Gasteiger partial charge on any atom is 0.0367 e. The van der Waals surface area contributed by atoms with Gasteiger partial charge in [0.1, 0.15) is 0 Å². The van der Waals surface area contributed by atoms with Crippen LogP contribution in [0.2, 0.25) is 0 Å². The number of piperidine rings is 1. The molecule has 3 fully saturated rings. The molecular formula is C23H33N3. The van der Waals surface area contributed by atoms with Crippen LogP contribution in [0.15, 0.2) is 42.5 Å². The summed E-state index contributed by atoms with van der Waals surface area (Å²) >= 11 is 0. The molecule has 0 aromatic heterocycles. The van der Waals surface area contributed by atoms with E-state index in [0.29, 0.717) is 0 Å². The van der Waals surface area contributed by atoms with Crippen molar-refractivity contribution in [2.45, 2.75) is 31.7 Å². The predicted molar refractivity (Wildman–Crippen MR) is 109 cm³/mol. The fourth-order valence-electron chi connectivity index (χ4n) is 5.89. The normalized spacial score (nSPS) is 33.2. The van der Waals surface area contributed by atoms with Crippen molar-refractivity contribution in [3.8, 4) is 0 Å². The number of piperazine rings is 1. The van der Waals surface area contributed by atoms with Gasteiger partial charge in [0.05, 0.1) is 0 Å². The van der Waals surface area contributed by atoms with Crippen molar-refractivity contribution in [3.05, 3.63) is 42.5 Å². The molecule has 26 heavy (non-hydrogen) atoms. The first-order chi connectivity index (χ1) is 12.8. The zero-order valence-corrected chi connectivity index (χ0v) is 16.0. The van der Waals surface area contributed by atoms with Crippen LogP contribution in [0.5, 0.6) is 0 Å². The molecule has 0 radical (unpaired) electrons. The summed E-state index contributed by atoms with van der Waals surface area (Å²) in [5.41, 5.74) is 1.39. The first-order valence-corrected chi connectivity index (χ1v) is 10.8. The van der Waals surface area contributed by atoms with Gasteiger partial charge in [0.2, 0.25) is 0 Å². The van der Waals surface area contributed by atoms with E-state index in [1.165, 1.54) is 77.2 Å². The van der Waals surface area contributed by atoms with E-state index in [1.54, 1.807) is 0 Å². The highest BCUT2D eigenvalue weighted by Gasteiger charge is 2.37. The third-order valence-corrected chi connectivity index (χ3v) is 7.42. The number of hydrogen-bond donors (Lipinski definition) is 0. The molecule has 1 aromatic carbocycles. The van der Waals surface area contributed by atoms with E-state index in [0.717, 1.165) is 23.8 Å². The highest BCUT2D eigenvalue weighted by molar-refractivity contribution is 5.46. The molecule has 3 heteroatoms. The molecule has 140 valence electrons. The number of hydrogen-bond acceptors (Lipinski definition) is 3. The monoisotopic (exact) mass is 351 g/mol. The molecule has 2 heterocycles. The van der Waals surface area contributed by atoms with E-state index in [1.807, 2.05) is 0 Å². The predicted octanol–water partition coefficient (Wildman–Crippen LogP) is 3.49. The molecule has 0 amide bonds. The number of para-hydroxylation sites is 1. The summed E-state index contributed by atoms with van der Waals surface area (Å²) in [6.45, 7) is 8.83. The molecule has 2 aliphatic heterocycles. The number of nitrogens with zero attached hydrogens (tertiary/aromatic N) is 3. The van der Waals surface area contributed by atoms with Gasteiger partial charge in [-0.15, -0.1) is 0 Å². The van der Waals surface area contributed by atoms with E-state index >= 15 is 0 Å². The van der Waals surface area contributed by atoms with Crippen molar-refractivity contribution in [1.29, 1.82) is 0 Å². The molecule has 2 bridgehead atoms. The Bertz CT molecular complexity index is 612. The van der Waals surface area contributed by atoms with Crippen LogP contribution < -0.4 is 4.90 Å². The fraction of sp³-hybridized carbons (Fsp3) is 0.652. The Morgan fingerprint density at radius 1 is 0.808 bits per heavy atom. The third kappa shape index (κ3) is 3.44. The van der Waals surface area contributed by atoms with Crippen molar-refractivity contribution >= 4 is 5.69 Å². The standard InChI is InChI=1S/C23H33N3/c1-2-4-22(5-3-1)25-12-14-26(15-13-25)23-8-10-24(11-9-23)18-21-17-19-6-7-20(21)16-19/h1-7,19-21,23H,8-18H2/t19-,20+,21-/m1/s1. The van der Waals surface area contributed by atoms with Crippen molar-refractivity contribution in [2.75, 3.05) is 50.7 Å². The maximum atomic E-state index is 2.77. The topological polar surface area (TPSA) is 9.72 Å². The highest BCUT2D eigenvalue weighted by Crippen LogP contribution is 2.43. The van der Waals surface area contributed by atoms with Gasteiger partial charge in [0.15, 0.2) is 0 Å².